The number of nitrogens with zero attached hydrogens (tertiary/aromatic N) is 4. The molecular formula is C21H28N6O. The quantitative estimate of drug-likeness (QED) is 0.777. The first kappa shape index (κ1) is 18.8. The number of hydrogen-bond acceptors (Lipinski definition) is 7. The van der Waals surface area contributed by atoms with E-state index in [0.29, 0.717) is 5.92 Å². The summed E-state index contributed by atoms with van der Waals surface area (Å²) in [5.74, 6) is 2.23. The van der Waals surface area contributed by atoms with Crippen molar-refractivity contribution in [1.29, 1.82) is 5.41 Å². The van der Waals surface area contributed by atoms with Gasteiger partial charge in [0.2, 0.25) is 0 Å². The van der Waals surface area contributed by atoms with E-state index < -0.39 is 0 Å². The van der Waals surface area contributed by atoms with E-state index in [9.17, 15) is 0 Å². The van der Waals surface area contributed by atoms with Gasteiger partial charge in [-0.2, -0.15) is 0 Å². The van der Waals surface area contributed by atoms with Crippen molar-refractivity contribution < 1.29 is 4.74 Å². The van der Waals surface area contributed by atoms with E-state index in [0.717, 1.165) is 62.3 Å². The number of hydrogen-bond donors (Lipinski definition) is 2. The third-order valence-corrected chi connectivity index (χ3v) is 5.67. The summed E-state index contributed by atoms with van der Waals surface area (Å²) in [6, 6.07) is 8.36. The summed E-state index contributed by atoms with van der Waals surface area (Å²) in [4.78, 5) is 13.4. The Morgan fingerprint density at radius 3 is 2.64 bits per heavy atom. The van der Waals surface area contributed by atoms with E-state index in [4.69, 9.17) is 10.1 Å². The highest BCUT2D eigenvalue weighted by Crippen LogP contribution is 2.31. The Morgan fingerprint density at radius 2 is 1.89 bits per heavy atom. The van der Waals surface area contributed by atoms with E-state index in [1.54, 1.807) is 6.33 Å². The fraction of sp³-hybridized carbons (Fsp3) is 0.476. The molecule has 3 heterocycles. The molecule has 28 heavy (non-hydrogen) atoms. The molecule has 0 aliphatic carbocycles. The summed E-state index contributed by atoms with van der Waals surface area (Å²) in [7, 11) is 2.18. The van der Waals surface area contributed by atoms with Crippen LogP contribution in [0.5, 0.6) is 0 Å². The molecule has 0 spiro atoms. The van der Waals surface area contributed by atoms with Gasteiger partial charge in [-0.1, -0.05) is 12.1 Å². The van der Waals surface area contributed by atoms with Crippen LogP contribution in [0.25, 0.3) is 0 Å². The van der Waals surface area contributed by atoms with Crippen molar-refractivity contribution in [3.63, 3.8) is 0 Å². The Morgan fingerprint density at radius 1 is 1.11 bits per heavy atom. The monoisotopic (exact) mass is 380 g/mol. The number of likely N-dealkylation sites (tertiary alicyclic amines) is 1. The highest BCUT2D eigenvalue weighted by molar-refractivity contribution is 5.87. The van der Waals surface area contributed by atoms with Crippen LogP contribution in [0, 0.1) is 5.41 Å². The third kappa shape index (κ3) is 4.31. The first-order valence-corrected chi connectivity index (χ1v) is 9.97. The molecular weight excluding hydrogens is 352 g/mol. The zero-order chi connectivity index (χ0) is 19.3. The Balaban J connectivity index is 1.55. The van der Waals surface area contributed by atoms with Crippen LogP contribution in [0.2, 0.25) is 0 Å². The van der Waals surface area contributed by atoms with Gasteiger partial charge in [0, 0.05) is 36.6 Å². The molecule has 0 bridgehead atoms. The van der Waals surface area contributed by atoms with Crippen molar-refractivity contribution in [2.75, 3.05) is 56.7 Å². The van der Waals surface area contributed by atoms with Gasteiger partial charge in [-0.05, 0) is 50.5 Å². The summed E-state index contributed by atoms with van der Waals surface area (Å²) < 4.78 is 5.43. The molecule has 0 radical (unpaired) electrons. The maximum absolute atomic E-state index is 7.77. The number of ether oxygens (including phenoxy) is 1. The molecule has 4 rings (SSSR count). The van der Waals surface area contributed by atoms with Gasteiger partial charge in [0.25, 0.3) is 0 Å². The largest absolute Gasteiger partial charge is 0.378 e. The van der Waals surface area contributed by atoms with Gasteiger partial charge in [0.1, 0.15) is 18.0 Å². The lowest BCUT2D eigenvalue weighted by Gasteiger charge is -2.29. The van der Waals surface area contributed by atoms with E-state index in [-0.39, 0.29) is 0 Å². The van der Waals surface area contributed by atoms with Crippen molar-refractivity contribution in [1.82, 2.24) is 14.9 Å². The summed E-state index contributed by atoms with van der Waals surface area (Å²) in [6.07, 6.45) is 5.34. The SMILES string of the molecule is CN1CCC(c2ccc(C=N)c(Nc3cc(N4CCOCC4)ncn3)c2)CC1. The minimum Gasteiger partial charge on any atom is -0.378 e. The Labute approximate surface area is 166 Å². The molecule has 0 saturated carbocycles. The average Bonchev–Trinajstić information content (AvgIpc) is 2.75. The molecule has 2 aliphatic rings. The van der Waals surface area contributed by atoms with Gasteiger partial charge in [-0.15, -0.1) is 0 Å². The second-order valence-corrected chi connectivity index (χ2v) is 7.55. The van der Waals surface area contributed by atoms with Gasteiger partial charge < -0.3 is 25.3 Å². The fourth-order valence-corrected chi connectivity index (χ4v) is 3.92. The van der Waals surface area contributed by atoms with E-state index >= 15 is 0 Å². The Bertz CT molecular complexity index is 812. The molecule has 2 fully saturated rings. The number of piperidine rings is 1. The number of anilines is 3. The molecule has 7 nitrogen and oxygen atoms in total. The van der Waals surface area contributed by atoms with E-state index in [2.05, 4.69) is 44.3 Å². The summed E-state index contributed by atoms with van der Waals surface area (Å²) in [6.45, 7) is 5.40. The van der Waals surface area contributed by atoms with Gasteiger partial charge >= 0.3 is 0 Å². The zero-order valence-electron chi connectivity index (χ0n) is 16.4. The number of rotatable bonds is 5. The Kier molecular flexibility index (Phi) is 5.83. The lowest BCUT2D eigenvalue weighted by Crippen LogP contribution is -2.36. The highest BCUT2D eigenvalue weighted by atomic mass is 16.5. The summed E-state index contributed by atoms with van der Waals surface area (Å²) in [5.41, 5.74) is 3.13. The normalized spacial score (nSPS) is 18.8. The predicted molar refractivity (Wildman–Crippen MR) is 112 cm³/mol. The van der Waals surface area contributed by atoms with Crippen LogP contribution >= 0.6 is 0 Å². The number of nitrogens with one attached hydrogen (secondary N) is 2. The standard InChI is InChI=1S/C21H28N6O/c1-26-6-4-16(5-7-26)17-2-3-18(14-22)19(12-17)25-20-13-21(24-15-23-20)27-8-10-28-11-9-27/h2-3,12-16,22H,4-11H2,1H3,(H,23,24,25). The maximum Gasteiger partial charge on any atom is 0.135 e. The molecule has 0 unspecified atom stereocenters. The maximum atomic E-state index is 7.77. The molecule has 2 aromatic rings. The van der Waals surface area contributed by atoms with Crippen LogP contribution in [0.3, 0.4) is 0 Å². The van der Waals surface area contributed by atoms with Crippen molar-refractivity contribution >= 4 is 23.5 Å². The molecule has 7 heteroatoms. The summed E-state index contributed by atoms with van der Waals surface area (Å²) >= 11 is 0. The minimum absolute atomic E-state index is 0.575. The van der Waals surface area contributed by atoms with Crippen molar-refractivity contribution in [2.24, 2.45) is 0 Å². The molecule has 2 N–H and O–H groups in total. The molecule has 2 aliphatic heterocycles. The molecule has 2 saturated heterocycles. The van der Waals surface area contributed by atoms with Gasteiger partial charge in [0.15, 0.2) is 0 Å². The zero-order valence-corrected chi connectivity index (χ0v) is 16.4. The smallest absolute Gasteiger partial charge is 0.135 e. The minimum atomic E-state index is 0.575. The first-order valence-electron chi connectivity index (χ1n) is 9.97. The van der Waals surface area contributed by atoms with Crippen LogP contribution in [-0.4, -0.2) is 67.5 Å². The topological polar surface area (TPSA) is 77.4 Å². The third-order valence-electron chi connectivity index (χ3n) is 5.67. The summed E-state index contributed by atoms with van der Waals surface area (Å²) in [5, 5.41) is 11.2. The van der Waals surface area contributed by atoms with Gasteiger partial charge in [0.05, 0.1) is 13.2 Å². The molecule has 0 amide bonds. The molecule has 148 valence electrons. The first-order chi connectivity index (χ1) is 13.7. The Hall–Kier alpha value is -2.51. The fourth-order valence-electron chi connectivity index (χ4n) is 3.92. The molecule has 0 atom stereocenters. The van der Waals surface area contributed by atoms with Gasteiger partial charge in [-0.3, -0.25) is 0 Å². The number of benzene rings is 1. The van der Waals surface area contributed by atoms with E-state index in [1.807, 2.05) is 12.1 Å². The van der Waals surface area contributed by atoms with Crippen molar-refractivity contribution in [2.45, 2.75) is 18.8 Å². The number of morpholine rings is 1. The number of aromatic nitrogens is 2. The average molecular weight is 380 g/mol. The predicted octanol–water partition coefficient (Wildman–Crippen LogP) is 2.86. The molecule has 1 aromatic carbocycles. The van der Waals surface area contributed by atoms with Crippen LogP contribution in [-0.2, 0) is 4.74 Å². The lowest BCUT2D eigenvalue weighted by atomic mass is 9.88. The van der Waals surface area contributed by atoms with Crippen LogP contribution in [0.15, 0.2) is 30.6 Å². The van der Waals surface area contributed by atoms with Crippen LogP contribution in [0.4, 0.5) is 17.3 Å². The lowest BCUT2D eigenvalue weighted by molar-refractivity contribution is 0.122. The second-order valence-electron chi connectivity index (χ2n) is 7.55. The highest BCUT2D eigenvalue weighted by Gasteiger charge is 2.19. The van der Waals surface area contributed by atoms with Crippen LogP contribution in [0.1, 0.15) is 29.9 Å². The van der Waals surface area contributed by atoms with Gasteiger partial charge in [-0.25, -0.2) is 9.97 Å². The van der Waals surface area contributed by atoms with Crippen LogP contribution < -0.4 is 10.2 Å². The van der Waals surface area contributed by atoms with Crippen molar-refractivity contribution in [3.05, 3.63) is 41.7 Å². The van der Waals surface area contributed by atoms with Crippen molar-refractivity contribution in [3.8, 4) is 0 Å². The van der Waals surface area contributed by atoms with E-state index in [1.165, 1.54) is 24.6 Å². The second kappa shape index (κ2) is 8.67. The molecule has 1 aromatic heterocycles.